The monoisotopic (exact) mass is 558 g/mol. The first-order chi connectivity index (χ1) is 20.5. The first-order valence-electron chi connectivity index (χ1n) is 14.7. The van der Waals surface area contributed by atoms with E-state index in [0.717, 1.165) is 51.8 Å². The number of hydrogen-bond donors (Lipinski definition) is 3. The number of carbonyl (C=O) groups is 1. The summed E-state index contributed by atoms with van der Waals surface area (Å²) >= 11 is 0. The number of anilines is 1. The van der Waals surface area contributed by atoms with Crippen molar-refractivity contribution in [1.29, 1.82) is 0 Å². The van der Waals surface area contributed by atoms with E-state index in [0.29, 0.717) is 34.5 Å². The van der Waals surface area contributed by atoms with Crippen molar-refractivity contribution in [3.8, 4) is 17.1 Å². The van der Waals surface area contributed by atoms with Gasteiger partial charge in [0.15, 0.2) is 0 Å². The number of benzene rings is 4. The summed E-state index contributed by atoms with van der Waals surface area (Å²) in [5.41, 5.74) is 12.4. The third-order valence-electron chi connectivity index (χ3n) is 9.07. The minimum absolute atomic E-state index is 0.291. The molecule has 0 bridgehead atoms. The third kappa shape index (κ3) is 3.97. The van der Waals surface area contributed by atoms with Gasteiger partial charge in [-0.1, -0.05) is 43.2 Å². The number of fused-ring (bicyclic) bond motifs is 5. The molecule has 8 rings (SSSR count). The van der Waals surface area contributed by atoms with Gasteiger partial charge in [-0.05, 0) is 67.9 Å². The zero-order chi connectivity index (χ0) is 28.4. The number of imidazole rings is 1. The Labute approximate surface area is 242 Å². The lowest BCUT2D eigenvalue weighted by Crippen LogP contribution is -2.62. The number of primary amides is 1. The number of hydrogen-bond acceptors (Lipinski definition) is 4. The van der Waals surface area contributed by atoms with Gasteiger partial charge in [-0.3, -0.25) is 9.69 Å². The molecule has 1 unspecified atom stereocenters. The second kappa shape index (κ2) is 9.70. The molecular formula is C34H31FN6O. The highest BCUT2D eigenvalue weighted by Gasteiger charge is 2.39. The van der Waals surface area contributed by atoms with Crippen LogP contribution in [0.2, 0.25) is 0 Å². The highest BCUT2D eigenvalue weighted by Crippen LogP contribution is 2.39. The van der Waals surface area contributed by atoms with Gasteiger partial charge < -0.3 is 20.6 Å². The zero-order valence-corrected chi connectivity index (χ0v) is 23.1. The Bertz CT molecular complexity index is 2010. The lowest BCUT2D eigenvalue weighted by atomic mass is 9.92. The van der Waals surface area contributed by atoms with Gasteiger partial charge in [-0.15, -0.1) is 0 Å². The first kappa shape index (κ1) is 25.1. The summed E-state index contributed by atoms with van der Waals surface area (Å²) in [6.45, 7) is 2.13. The molecule has 0 radical (unpaired) electrons. The van der Waals surface area contributed by atoms with Gasteiger partial charge in [-0.25, -0.2) is 9.37 Å². The molecule has 2 fully saturated rings. The molecule has 2 atom stereocenters. The van der Waals surface area contributed by atoms with Crippen molar-refractivity contribution < 1.29 is 9.18 Å². The highest BCUT2D eigenvalue weighted by molar-refractivity contribution is 6.15. The molecule has 2 aromatic heterocycles. The van der Waals surface area contributed by atoms with Crippen LogP contribution in [-0.2, 0) is 0 Å². The van der Waals surface area contributed by atoms with Gasteiger partial charge in [-0.2, -0.15) is 0 Å². The van der Waals surface area contributed by atoms with Crippen LogP contribution in [0, 0.1) is 5.82 Å². The van der Waals surface area contributed by atoms with Crippen molar-refractivity contribution in [2.24, 2.45) is 5.73 Å². The van der Waals surface area contributed by atoms with Crippen molar-refractivity contribution in [1.82, 2.24) is 19.4 Å². The van der Waals surface area contributed by atoms with E-state index in [1.165, 1.54) is 37.8 Å². The normalized spacial score (nSPS) is 19.1. The predicted molar refractivity (Wildman–Crippen MR) is 166 cm³/mol. The Morgan fingerprint density at radius 3 is 2.76 bits per heavy atom. The summed E-state index contributed by atoms with van der Waals surface area (Å²) in [5.74, 6) is -0.0506. The number of nitrogens with zero attached hydrogens (tertiary/aromatic N) is 3. The van der Waals surface area contributed by atoms with Gasteiger partial charge in [0.25, 0.3) is 5.91 Å². The van der Waals surface area contributed by atoms with E-state index in [2.05, 4.69) is 44.0 Å². The van der Waals surface area contributed by atoms with Crippen LogP contribution in [0.3, 0.4) is 0 Å². The standard InChI is InChI=1S/C34H31FN6O/c35-20-12-15-25-27(17-20)39-34(38-25)24-8-6-11-31-32(24)23-7-3-4-9-29(23)41(31)21-13-14-22(33(36)42)26(18-21)37-28-19-40-16-5-1-2-10-30(28)40/h3-4,6-9,11-15,17-18,28,30,37H,1-2,5,10,16,19H2,(H2,36,42)(H,38,39)/t28-,30?/m1/s1. The highest BCUT2D eigenvalue weighted by atomic mass is 19.1. The smallest absolute Gasteiger partial charge is 0.250 e. The van der Waals surface area contributed by atoms with Crippen LogP contribution in [0.5, 0.6) is 0 Å². The number of rotatable bonds is 5. The summed E-state index contributed by atoms with van der Waals surface area (Å²) in [6, 6.07) is 25.7. The van der Waals surface area contributed by atoms with E-state index in [9.17, 15) is 9.18 Å². The van der Waals surface area contributed by atoms with Gasteiger partial charge >= 0.3 is 0 Å². The predicted octanol–water partition coefficient (Wildman–Crippen LogP) is 6.60. The Balaban J connectivity index is 1.27. The van der Waals surface area contributed by atoms with Crippen LogP contribution < -0.4 is 11.1 Å². The van der Waals surface area contributed by atoms with Crippen LogP contribution >= 0.6 is 0 Å². The number of halogens is 1. The molecule has 210 valence electrons. The van der Waals surface area contributed by atoms with Gasteiger partial charge in [0, 0.05) is 40.3 Å². The summed E-state index contributed by atoms with van der Waals surface area (Å²) in [6.07, 6.45) is 4.95. The van der Waals surface area contributed by atoms with Crippen molar-refractivity contribution in [2.75, 3.05) is 18.4 Å². The van der Waals surface area contributed by atoms with E-state index in [1.54, 1.807) is 6.07 Å². The maximum absolute atomic E-state index is 13.9. The molecule has 6 aromatic rings. The molecule has 2 aliphatic heterocycles. The third-order valence-corrected chi connectivity index (χ3v) is 9.07. The van der Waals surface area contributed by atoms with E-state index in [-0.39, 0.29) is 5.82 Å². The SMILES string of the molecule is NC(=O)c1ccc(-n2c3ccccc3c3c(-c4nc5ccc(F)cc5[nH]4)cccc32)cc1N[C@@H]1CN2CCCCCC12. The second-order valence-corrected chi connectivity index (χ2v) is 11.6. The molecule has 0 spiro atoms. The fourth-order valence-electron chi connectivity index (χ4n) is 7.06. The molecule has 1 amide bonds. The summed E-state index contributed by atoms with van der Waals surface area (Å²) in [7, 11) is 0. The molecule has 2 saturated heterocycles. The number of nitrogens with two attached hydrogens (primary N) is 1. The average molecular weight is 559 g/mol. The van der Waals surface area contributed by atoms with Gasteiger partial charge in [0.05, 0.1) is 33.7 Å². The molecular weight excluding hydrogens is 527 g/mol. The number of nitrogens with one attached hydrogen (secondary N) is 2. The second-order valence-electron chi connectivity index (χ2n) is 11.6. The molecule has 42 heavy (non-hydrogen) atoms. The maximum atomic E-state index is 13.9. The van der Waals surface area contributed by atoms with E-state index < -0.39 is 5.91 Å². The largest absolute Gasteiger partial charge is 0.379 e. The van der Waals surface area contributed by atoms with Crippen LogP contribution in [-0.4, -0.2) is 50.5 Å². The lowest BCUT2D eigenvalue weighted by molar-refractivity contribution is 0.0763. The van der Waals surface area contributed by atoms with Gasteiger partial charge in [0.1, 0.15) is 11.6 Å². The molecule has 4 N–H and O–H groups in total. The minimum atomic E-state index is -0.438. The topological polar surface area (TPSA) is 92.0 Å². The van der Waals surface area contributed by atoms with E-state index in [4.69, 9.17) is 10.7 Å². The number of aromatic amines is 1. The van der Waals surface area contributed by atoms with Crippen LogP contribution in [0.25, 0.3) is 49.9 Å². The zero-order valence-electron chi connectivity index (χ0n) is 23.1. The fraction of sp³-hybridized carbons (Fsp3) is 0.235. The Kier molecular flexibility index (Phi) is 5.79. The molecule has 0 aliphatic carbocycles. The Morgan fingerprint density at radius 1 is 0.976 bits per heavy atom. The van der Waals surface area contributed by atoms with Crippen LogP contribution in [0.1, 0.15) is 36.0 Å². The molecule has 0 saturated carbocycles. The van der Waals surface area contributed by atoms with Crippen molar-refractivity contribution >= 4 is 44.4 Å². The summed E-state index contributed by atoms with van der Waals surface area (Å²) < 4.78 is 16.2. The summed E-state index contributed by atoms with van der Waals surface area (Å²) in [4.78, 5) is 23.2. The van der Waals surface area contributed by atoms with Crippen LogP contribution in [0.4, 0.5) is 10.1 Å². The number of amides is 1. The number of aromatic nitrogens is 3. The maximum Gasteiger partial charge on any atom is 0.250 e. The fourth-order valence-corrected chi connectivity index (χ4v) is 7.06. The minimum Gasteiger partial charge on any atom is -0.379 e. The molecule has 4 aromatic carbocycles. The van der Waals surface area contributed by atoms with Crippen molar-refractivity contribution in [3.63, 3.8) is 0 Å². The first-order valence-corrected chi connectivity index (χ1v) is 14.7. The summed E-state index contributed by atoms with van der Waals surface area (Å²) in [5, 5.41) is 5.84. The molecule has 4 heterocycles. The average Bonchev–Trinajstić information content (AvgIpc) is 3.50. The van der Waals surface area contributed by atoms with Crippen molar-refractivity contribution in [2.45, 2.75) is 37.8 Å². The van der Waals surface area contributed by atoms with Crippen molar-refractivity contribution in [3.05, 3.63) is 90.2 Å². The molecule has 2 aliphatic rings. The lowest BCUT2D eigenvalue weighted by Gasteiger charge is -2.48. The Morgan fingerprint density at radius 2 is 1.86 bits per heavy atom. The Hall–Kier alpha value is -4.69. The van der Waals surface area contributed by atoms with Gasteiger partial charge in [0.2, 0.25) is 0 Å². The molecule has 7 nitrogen and oxygen atoms in total. The molecule has 8 heteroatoms. The quantitative estimate of drug-likeness (QED) is 0.222. The number of para-hydroxylation sites is 1. The van der Waals surface area contributed by atoms with E-state index in [1.807, 2.05) is 36.4 Å². The van der Waals surface area contributed by atoms with E-state index >= 15 is 0 Å². The van der Waals surface area contributed by atoms with Crippen LogP contribution in [0.15, 0.2) is 78.9 Å². The number of H-pyrrole nitrogens is 1. The number of carbonyl (C=O) groups excluding carboxylic acids is 1.